The van der Waals surface area contributed by atoms with Crippen molar-refractivity contribution in [3.8, 4) is 0 Å². The van der Waals surface area contributed by atoms with Crippen LogP contribution in [0.4, 0.5) is 4.79 Å². The number of esters is 2. The van der Waals surface area contributed by atoms with Crippen LogP contribution in [-0.2, 0) is 23.8 Å². The molecular weight excluding hydrogens is 374 g/mol. The summed E-state index contributed by atoms with van der Waals surface area (Å²) in [5.41, 5.74) is -0.519. The summed E-state index contributed by atoms with van der Waals surface area (Å²) in [6.07, 6.45) is 6.10. The number of alkyl carbamates (subject to hydrolysis) is 1. The van der Waals surface area contributed by atoms with Gasteiger partial charge < -0.3 is 19.5 Å². The highest BCUT2D eigenvalue weighted by Crippen LogP contribution is 2.21. The van der Waals surface area contributed by atoms with Crippen LogP contribution in [0, 0.1) is 11.3 Å². The fourth-order valence-electron chi connectivity index (χ4n) is 2.40. The van der Waals surface area contributed by atoms with Gasteiger partial charge in [-0.3, -0.25) is 9.59 Å². The summed E-state index contributed by atoms with van der Waals surface area (Å²) in [5.74, 6) is -0.0304. The molecule has 0 radical (unpaired) electrons. The standard InChI is InChI=1S/C22H41NO6/c1-6-9-12-18(7-2)17-29-19(24)13-10-11-15-28-21(26)23-14-16-27-20(25)22(4,5)8-3/h18H,6-17H2,1-5H3,(H,23,26). The van der Waals surface area contributed by atoms with E-state index in [0.29, 0.717) is 38.2 Å². The Morgan fingerprint density at radius 1 is 0.931 bits per heavy atom. The average molecular weight is 416 g/mol. The lowest BCUT2D eigenvalue weighted by Crippen LogP contribution is -2.32. The van der Waals surface area contributed by atoms with Gasteiger partial charge in [0.15, 0.2) is 0 Å². The predicted octanol–water partition coefficient (Wildman–Crippen LogP) is 4.62. The molecule has 0 aromatic heterocycles. The number of hydrogen-bond acceptors (Lipinski definition) is 6. The maximum atomic E-state index is 11.8. The molecule has 0 saturated carbocycles. The molecule has 0 bridgehead atoms. The summed E-state index contributed by atoms with van der Waals surface area (Å²) in [7, 11) is 0. The third-order valence-corrected chi connectivity index (χ3v) is 5.07. The fourth-order valence-corrected chi connectivity index (χ4v) is 2.40. The van der Waals surface area contributed by atoms with E-state index >= 15 is 0 Å². The van der Waals surface area contributed by atoms with Crippen molar-refractivity contribution in [3.63, 3.8) is 0 Å². The molecule has 0 saturated heterocycles. The van der Waals surface area contributed by atoms with Gasteiger partial charge in [-0.05, 0) is 45.4 Å². The molecular formula is C22H41NO6. The SMILES string of the molecule is CCCCC(CC)COC(=O)CCCCOC(=O)NCCOC(=O)C(C)(C)CC. The first kappa shape index (κ1) is 27.2. The number of amides is 1. The largest absolute Gasteiger partial charge is 0.465 e. The molecule has 1 atom stereocenters. The summed E-state index contributed by atoms with van der Waals surface area (Å²) in [6, 6.07) is 0. The Morgan fingerprint density at radius 3 is 2.28 bits per heavy atom. The van der Waals surface area contributed by atoms with Crippen LogP contribution in [0.2, 0.25) is 0 Å². The summed E-state index contributed by atoms with van der Waals surface area (Å²) in [4.78, 5) is 35.1. The average Bonchev–Trinajstić information content (AvgIpc) is 2.70. The van der Waals surface area contributed by atoms with Crippen LogP contribution in [0.3, 0.4) is 0 Å². The lowest BCUT2D eigenvalue weighted by molar-refractivity contribution is -0.154. The lowest BCUT2D eigenvalue weighted by Gasteiger charge is -2.20. The van der Waals surface area contributed by atoms with Crippen molar-refractivity contribution in [3.05, 3.63) is 0 Å². The third-order valence-electron chi connectivity index (χ3n) is 5.07. The molecule has 170 valence electrons. The Kier molecular flexibility index (Phi) is 15.1. The minimum absolute atomic E-state index is 0.111. The molecule has 1 unspecified atom stereocenters. The Morgan fingerprint density at radius 2 is 1.66 bits per heavy atom. The van der Waals surface area contributed by atoms with E-state index in [0.717, 1.165) is 25.7 Å². The first-order valence-electron chi connectivity index (χ1n) is 11.0. The summed E-state index contributed by atoms with van der Waals surface area (Å²) >= 11 is 0. The van der Waals surface area contributed by atoms with Crippen molar-refractivity contribution in [1.29, 1.82) is 0 Å². The van der Waals surface area contributed by atoms with E-state index in [1.165, 1.54) is 0 Å². The van der Waals surface area contributed by atoms with Crippen LogP contribution >= 0.6 is 0 Å². The molecule has 1 N–H and O–H groups in total. The Hall–Kier alpha value is -1.79. The van der Waals surface area contributed by atoms with E-state index in [2.05, 4.69) is 19.2 Å². The topological polar surface area (TPSA) is 90.9 Å². The molecule has 29 heavy (non-hydrogen) atoms. The van der Waals surface area contributed by atoms with Crippen LogP contribution in [0.15, 0.2) is 0 Å². The molecule has 7 heteroatoms. The fraction of sp³-hybridized carbons (Fsp3) is 0.864. The van der Waals surface area contributed by atoms with Crippen LogP contribution in [0.25, 0.3) is 0 Å². The molecule has 0 aliphatic heterocycles. The van der Waals surface area contributed by atoms with E-state index < -0.39 is 11.5 Å². The zero-order valence-corrected chi connectivity index (χ0v) is 19.0. The van der Waals surface area contributed by atoms with E-state index in [4.69, 9.17) is 14.2 Å². The van der Waals surface area contributed by atoms with Crippen molar-refractivity contribution in [2.75, 3.05) is 26.4 Å². The van der Waals surface area contributed by atoms with Gasteiger partial charge in [-0.15, -0.1) is 0 Å². The molecule has 1 amide bonds. The number of nitrogens with one attached hydrogen (secondary N) is 1. The van der Waals surface area contributed by atoms with Gasteiger partial charge in [0.05, 0.1) is 25.2 Å². The van der Waals surface area contributed by atoms with Crippen molar-refractivity contribution >= 4 is 18.0 Å². The summed E-state index contributed by atoms with van der Waals surface area (Å²) in [6.45, 7) is 10.9. The highest BCUT2D eigenvalue weighted by Gasteiger charge is 2.26. The minimum atomic E-state index is -0.555. The van der Waals surface area contributed by atoms with Crippen molar-refractivity contribution in [1.82, 2.24) is 5.32 Å². The third kappa shape index (κ3) is 13.9. The zero-order valence-electron chi connectivity index (χ0n) is 19.0. The normalized spacial score (nSPS) is 12.2. The molecule has 0 rings (SSSR count). The summed E-state index contributed by atoms with van der Waals surface area (Å²) in [5, 5.41) is 2.53. The first-order valence-corrected chi connectivity index (χ1v) is 11.0. The van der Waals surface area contributed by atoms with Crippen LogP contribution in [0.1, 0.15) is 86.0 Å². The number of carbonyl (C=O) groups excluding carboxylic acids is 3. The summed E-state index contributed by atoms with van der Waals surface area (Å²) < 4.78 is 15.5. The van der Waals surface area contributed by atoms with Crippen molar-refractivity contribution in [2.45, 2.75) is 86.0 Å². The van der Waals surface area contributed by atoms with Gasteiger partial charge in [0, 0.05) is 6.42 Å². The van der Waals surface area contributed by atoms with Gasteiger partial charge in [0.25, 0.3) is 0 Å². The van der Waals surface area contributed by atoms with Gasteiger partial charge in [0.2, 0.25) is 0 Å². The van der Waals surface area contributed by atoms with Crippen LogP contribution in [0.5, 0.6) is 0 Å². The highest BCUT2D eigenvalue weighted by atomic mass is 16.6. The highest BCUT2D eigenvalue weighted by molar-refractivity contribution is 5.75. The Bertz CT molecular complexity index is 478. The van der Waals surface area contributed by atoms with Crippen LogP contribution < -0.4 is 5.32 Å². The smallest absolute Gasteiger partial charge is 0.407 e. The van der Waals surface area contributed by atoms with Gasteiger partial charge in [-0.2, -0.15) is 0 Å². The van der Waals surface area contributed by atoms with Crippen molar-refractivity contribution in [2.24, 2.45) is 11.3 Å². The number of carbonyl (C=O) groups is 3. The lowest BCUT2D eigenvalue weighted by atomic mass is 9.91. The molecule has 0 aliphatic carbocycles. The number of hydrogen-bond donors (Lipinski definition) is 1. The van der Waals surface area contributed by atoms with Gasteiger partial charge >= 0.3 is 18.0 Å². The molecule has 0 heterocycles. The minimum Gasteiger partial charge on any atom is -0.465 e. The maximum Gasteiger partial charge on any atom is 0.407 e. The Balaban J connectivity index is 3.68. The number of unbranched alkanes of at least 4 members (excludes halogenated alkanes) is 2. The molecule has 7 nitrogen and oxygen atoms in total. The van der Waals surface area contributed by atoms with Crippen LogP contribution in [-0.4, -0.2) is 44.4 Å². The second-order valence-corrected chi connectivity index (χ2v) is 7.99. The second kappa shape index (κ2) is 16.1. The maximum absolute atomic E-state index is 11.8. The first-order chi connectivity index (χ1) is 13.8. The van der Waals surface area contributed by atoms with Gasteiger partial charge in [-0.1, -0.05) is 40.0 Å². The zero-order chi connectivity index (χ0) is 22.1. The number of rotatable bonds is 16. The quantitative estimate of drug-likeness (QED) is 0.225. The van der Waals surface area contributed by atoms with E-state index in [9.17, 15) is 14.4 Å². The number of ether oxygens (including phenoxy) is 3. The van der Waals surface area contributed by atoms with Gasteiger partial charge in [0.1, 0.15) is 6.61 Å². The van der Waals surface area contributed by atoms with Crippen molar-refractivity contribution < 1.29 is 28.6 Å². The molecule has 0 fully saturated rings. The monoisotopic (exact) mass is 415 g/mol. The van der Waals surface area contributed by atoms with E-state index in [-0.39, 0.29) is 31.7 Å². The predicted molar refractivity (Wildman–Crippen MR) is 112 cm³/mol. The molecule has 0 aromatic rings. The molecule has 0 aromatic carbocycles. The Labute approximate surface area is 176 Å². The van der Waals surface area contributed by atoms with E-state index in [1.54, 1.807) is 0 Å². The molecule has 0 spiro atoms. The second-order valence-electron chi connectivity index (χ2n) is 7.99. The van der Waals surface area contributed by atoms with Gasteiger partial charge in [-0.25, -0.2) is 4.79 Å². The molecule has 0 aliphatic rings. The van der Waals surface area contributed by atoms with E-state index in [1.807, 2.05) is 20.8 Å².